The molecule has 0 aliphatic carbocycles. The summed E-state index contributed by atoms with van der Waals surface area (Å²) in [7, 11) is 0. The molecule has 0 saturated carbocycles. The van der Waals surface area contributed by atoms with Crippen molar-refractivity contribution in [3.05, 3.63) is 11.6 Å². The molecule has 0 heterocycles. The van der Waals surface area contributed by atoms with Crippen molar-refractivity contribution >= 4 is 11.9 Å². The summed E-state index contributed by atoms with van der Waals surface area (Å²) in [6, 6.07) is 0. The summed E-state index contributed by atoms with van der Waals surface area (Å²) in [6.07, 6.45) is 2.49. The first kappa shape index (κ1) is 13.7. The van der Waals surface area contributed by atoms with Crippen LogP contribution in [-0.4, -0.2) is 25.0 Å². The molecule has 4 heteroatoms. The van der Waals surface area contributed by atoms with Crippen LogP contribution in [0.1, 0.15) is 33.6 Å². The Bertz CT molecular complexity index is 242. The van der Waals surface area contributed by atoms with Crippen LogP contribution in [0.3, 0.4) is 0 Å². The lowest BCUT2D eigenvalue weighted by molar-refractivity contribution is -0.143. The number of carbonyl (C=O) groups excluding carboxylic acids is 2. The van der Waals surface area contributed by atoms with Crippen LogP contribution in [-0.2, 0) is 14.3 Å². The second kappa shape index (κ2) is 8.03. The molecule has 0 aromatic rings. The number of nitrogens with one attached hydrogen (secondary N) is 1. The van der Waals surface area contributed by atoms with Crippen LogP contribution in [0.25, 0.3) is 0 Å². The van der Waals surface area contributed by atoms with Crippen molar-refractivity contribution in [1.82, 2.24) is 5.32 Å². The zero-order valence-electron chi connectivity index (χ0n) is 9.63. The third kappa shape index (κ3) is 9.00. The highest BCUT2D eigenvalue weighted by Crippen LogP contribution is 1.92. The minimum absolute atomic E-state index is 0.112. The molecule has 15 heavy (non-hydrogen) atoms. The van der Waals surface area contributed by atoms with E-state index in [2.05, 4.69) is 5.32 Å². The predicted molar refractivity (Wildman–Crippen MR) is 58.3 cm³/mol. The standard InChI is InChI=1S/C11H19NO3/c1-4-15-11(14)6-5-7-12-10(13)8-9(2)3/h8H,4-7H2,1-3H3,(H,12,13). The number of esters is 1. The summed E-state index contributed by atoms with van der Waals surface area (Å²) in [5.74, 6) is -0.326. The Morgan fingerprint density at radius 1 is 1.33 bits per heavy atom. The van der Waals surface area contributed by atoms with Crippen LogP contribution in [0.2, 0.25) is 0 Å². The van der Waals surface area contributed by atoms with E-state index in [0.29, 0.717) is 26.0 Å². The van der Waals surface area contributed by atoms with Crippen LogP contribution in [0, 0.1) is 0 Å². The molecule has 0 unspecified atom stereocenters. The van der Waals surface area contributed by atoms with Gasteiger partial charge in [0, 0.05) is 19.0 Å². The molecule has 0 radical (unpaired) electrons. The lowest BCUT2D eigenvalue weighted by Gasteiger charge is -2.02. The van der Waals surface area contributed by atoms with Gasteiger partial charge in [0.25, 0.3) is 0 Å². The summed E-state index contributed by atoms with van der Waals surface area (Å²) in [4.78, 5) is 22.0. The molecule has 4 nitrogen and oxygen atoms in total. The molecule has 0 saturated heterocycles. The molecule has 0 aliphatic rings. The van der Waals surface area contributed by atoms with E-state index >= 15 is 0 Å². The molecule has 0 atom stereocenters. The average Bonchev–Trinajstić information content (AvgIpc) is 2.12. The van der Waals surface area contributed by atoms with Gasteiger partial charge in [-0.2, -0.15) is 0 Å². The van der Waals surface area contributed by atoms with Crippen LogP contribution >= 0.6 is 0 Å². The van der Waals surface area contributed by atoms with Crippen molar-refractivity contribution in [2.24, 2.45) is 0 Å². The maximum absolute atomic E-state index is 11.1. The van der Waals surface area contributed by atoms with Gasteiger partial charge < -0.3 is 10.1 Å². The number of rotatable bonds is 6. The predicted octanol–water partition coefficient (Wildman–Crippen LogP) is 1.41. The highest BCUT2D eigenvalue weighted by molar-refractivity contribution is 5.88. The lowest BCUT2D eigenvalue weighted by Crippen LogP contribution is -2.23. The van der Waals surface area contributed by atoms with Crippen molar-refractivity contribution in [2.45, 2.75) is 33.6 Å². The molecule has 0 spiro atoms. The van der Waals surface area contributed by atoms with E-state index in [4.69, 9.17) is 4.74 Å². The number of carbonyl (C=O) groups is 2. The van der Waals surface area contributed by atoms with E-state index in [0.717, 1.165) is 5.57 Å². The van der Waals surface area contributed by atoms with E-state index in [1.165, 1.54) is 6.08 Å². The SMILES string of the molecule is CCOC(=O)CCCNC(=O)C=C(C)C. The van der Waals surface area contributed by atoms with Gasteiger partial charge in [0.2, 0.25) is 5.91 Å². The fraction of sp³-hybridized carbons (Fsp3) is 0.636. The monoisotopic (exact) mass is 213 g/mol. The Kier molecular flexibility index (Phi) is 7.32. The largest absolute Gasteiger partial charge is 0.466 e. The van der Waals surface area contributed by atoms with Gasteiger partial charge in [0.1, 0.15) is 0 Å². The van der Waals surface area contributed by atoms with E-state index < -0.39 is 0 Å². The van der Waals surface area contributed by atoms with E-state index in [-0.39, 0.29) is 11.9 Å². The van der Waals surface area contributed by atoms with Gasteiger partial charge in [0.15, 0.2) is 0 Å². The molecule has 1 amide bonds. The molecule has 0 fully saturated rings. The smallest absolute Gasteiger partial charge is 0.305 e. The second-order valence-corrected chi connectivity index (χ2v) is 3.42. The van der Waals surface area contributed by atoms with Gasteiger partial charge in [0.05, 0.1) is 6.61 Å². The third-order valence-corrected chi connectivity index (χ3v) is 1.58. The number of hydrogen-bond donors (Lipinski definition) is 1. The first-order valence-electron chi connectivity index (χ1n) is 5.14. The van der Waals surface area contributed by atoms with Gasteiger partial charge >= 0.3 is 5.97 Å². The Balaban J connectivity index is 3.51. The molecular weight excluding hydrogens is 194 g/mol. The minimum Gasteiger partial charge on any atom is -0.466 e. The summed E-state index contributed by atoms with van der Waals surface area (Å²) < 4.78 is 4.75. The van der Waals surface area contributed by atoms with E-state index in [9.17, 15) is 9.59 Å². The Labute approximate surface area is 90.7 Å². The van der Waals surface area contributed by atoms with Crippen molar-refractivity contribution in [2.75, 3.05) is 13.2 Å². The summed E-state index contributed by atoms with van der Waals surface area (Å²) >= 11 is 0. The van der Waals surface area contributed by atoms with Crippen LogP contribution < -0.4 is 5.32 Å². The molecule has 86 valence electrons. The number of hydrogen-bond acceptors (Lipinski definition) is 3. The van der Waals surface area contributed by atoms with E-state index in [1.807, 2.05) is 13.8 Å². The van der Waals surface area contributed by atoms with Crippen molar-refractivity contribution in [3.8, 4) is 0 Å². The Hall–Kier alpha value is -1.32. The minimum atomic E-state index is -0.214. The second-order valence-electron chi connectivity index (χ2n) is 3.42. The van der Waals surface area contributed by atoms with Gasteiger partial charge in [-0.3, -0.25) is 9.59 Å². The first-order valence-corrected chi connectivity index (χ1v) is 5.14. The van der Waals surface area contributed by atoms with Crippen molar-refractivity contribution in [1.29, 1.82) is 0 Å². The third-order valence-electron chi connectivity index (χ3n) is 1.58. The maximum Gasteiger partial charge on any atom is 0.305 e. The molecule has 0 aliphatic heterocycles. The van der Waals surface area contributed by atoms with E-state index in [1.54, 1.807) is 6.92 Å². The van der Waals surface area contributed by atoms with Gasteiger partial charge in [-0.25, -0.2) is 0 Å². The number of amides is 1. The molecule has 0 bridgehead atoms. The maximum atomic E-state index is 11.1. The quantitative estimate of drug-likeness (QED) is 0.412. The molecule has 0 aromatic heterocycles. The van der Waals surface area contributed by atoms with Crippen molar-refractivity contribution in [3.63, 3.8) is 0 Å². The Morgan fingerprint density at radius 3 is 2.53 bits per heavy atom. The summed E-state index contributed by atoms with van der Waals surface area (Å²) in [5, 5.41) is 2.69. The summed E-state index contributed by atoms with van der Waals surface area (Å²) in [6.45, 7) is 6.40. The van der Waals surface area contributed by atoms with Gasteiger partial charge in [-0.05, 0) is 27.2 Å². The van der Waals surface area contributed by atoms with Crippen LogP contribution in [0.5, 0.6) is 0 Å². The summed E-state index contributed by atoms with van der Waals surface area (Å²) in [5.41, 5.74) is 0.956. The van der Waals surface area contributed by atoms with Crippen LogP contribution in [0.15, 0.2) is 11.6 Å². The zero-order valence-corrected chi connectivity index (χ0v) is 9.63. The number of ether oxygens (including phenoxy) is 1. The lowest BCUT2D eigenvalue weighted by atomic mass is 10.3. The normalized spacial score (nSPS) is 9.27. The molecular formula is C11H19NO3. The highest BCUT2D eigenvalue weighted by atomic mass is 16.5. The number of allylic oxidation sites excluding steroid dienone is 1. The molecule has 0 rings (SSSR count). The Morgan fingerprint density at radius 2 is 2.00 bits per heavy atom. The topological polar surface area (TPSA) is 55.4 Å². The average molecular weight is 213 g/mol. The molecule has 1 N–H and O–H groups in total. The highest BCUT2D eigenvalue weighted by Gasteiger charge is 2.01. The van der Waals surface area contributed by atoms with Gasteiger partial charge in [-0.1, -0.05) is 5.57 Å². The van der Waals surface area contributed by atoms with Gasteiger partial charge in [-0.15, -0.1) is 0 Å². The fourth-order valence-corrected chi connectivity index (χ4v) is 0.991. The fourth-order valence-electron chi connectivity index (χ4n) is 0.991. The molecule has 0 aromatic carbocycles. The first-order chi connectivity index (χ1) is 7.06. The van der Waals surface area contributed by atoms with Crippen molar-refractivity contribution < 1.29 is 14.3 Å². The zero-order chi connectivity index (χ0) is 11.7. The van der Waals surface area contributed by atoms with Crippen LogP contribution in [0.4, 0.5) is 0 Å².